The fraction of sp³-hybridized carbons (Fsp3) is 0.300. The SMILES string of the molecule is CN1C(=O)C(C)(C)Oc2c(-c3cn(C)c(=O)c4c3ccn4SI)cc(S(C)(=O)=O)cc21. The van der Waals surface area contributed by atoms with Crippen LogP contribution in [0.15, 0.2) is 40.3 Å². The fourth-order valence-corrected chi connectivity index (χ4v) is 5.77. The van der Waals surface area contributed by atoms with Crippen LogP contribution in [-0.4, -0.2) is 41.8 Å². The van der Waals surface area contributed by atoms with Gasteiger partial charge in [0, 0.05) is 79.6 Å². The van der Waals surface area contributed by atoms with E-state index in [2.05, 4.69) is 21.2 Å². The molecule has 0 aliphatic carbocycles. The summed E-state index contributed by atoms with van der Waals surface area (Å²) in [6.45, 7) is 3.34. The monoisotopic (exact) mass is 573 g/mol. The zero-order valence-corrected chi connectivity index (χ0v) is 21.3. The van der Waals surface area contributed by atoms with Crippen molar-refractivity contribution in [1.82, 2.24) is 8.54 Å². The Kier molecular flexibility index (Phi) is 5.21. The van der Waals surface area contributed by atoms with Gasteiger partial charge in [0.2, 0.25) is 0 Å². The minimum atomic E-state index is -3.58. The topological polar surface area (TPSA) is 90.6 Å². The average molecular weight is 573 g/mol. The van der Waals surface area contributed by atoms with Crippen LogP contribution in [0.1, 0.15) is 13.8 Å². The van der Waals surface area contributed by atoms with Crippen molar-refractivity contribution in [3.8, 4) is 16.9 Å². The summed E-state index contributed by atoms with van der Waals surface area (Å²) in [4.78, 5) is 27.1. The molecule has 0 atom stereocenters. The van der Waals surface area contributed by atoms with E-state index in [-0.39, 0.29) is 16.4 Å². The number of ether oxygens (including phenoxy) is 1. The van der Waals surface area contributed by atoms with Crippen LogP contribution >= 0.6 is 30.3 Å². The Labute approximate surface area is 195 Å². The quantitative estimate of drug-likeness (QED) is 0.447. The highest BCUT2D eigenvalue weighted by Gasteiger charge is 2.41. The first kappa shape index (κ1) is 22.2. The molecule has 31 heavy (non-hydrogen) atoms. The van der Waals surface area contributed by atoms with Crippen LogP contribution in [0.4, 0.5) is 5.69 Å². The van der Waals surface area contributed by atoms with Gasteiger partial charge in [-0.25, -0.2) is 8.42 Å². The minimum Gasteiger partial charge on any atom is -0.475 e. The number of halogens is 1. The number of fused-ring (bicyclic) bond motifs is 2. The zero-order chi connectivity index (χ0) is 22.9. The summed E-state index contributed by atoms with van der Waals surface area (Å²) in [7, 11) is 1.03. The molecule has 1 aromatic carbocycles. The van der Waals surface area contributed by atoms with Gasteiger partial charge in [-0.1, -0.05) is 0 Å². The van der Waals surface area contributed by atoms with Crippen molar-refractivity contribution in [3.05, 3.63) is 40.9 Å². The number of aryl methyl sites for hydroxylation is 1. The van der Waals surface area contributed by atoms with Crippen molar-refractivity contribution in [2.24, 2.45) is 7.05 Å². The second kappa shape index (κ2) is 7.27. The Hall–Kier alpha value is -1.99. The number of amides is 1. The van der Waals surface area contributed by atoms with Crippen molar-refractivity contribution in [3.63, 3.8) is 0 Å². The molecule has 0 N–H and O–H groups in total. The van der Waals surface area contributed by atoms with Gasteiger partial charge >= 0.3 is 0 Å². The highest BCUT2D eigenvalue weighted by Crippen LogP contribution is 2.47. The van der Waals surface area contributed by atoms with Gasteiger partial charge in [0.1, 0.15) is 5.52 Å². The molecule has 11 heteroatoms. The largest absolute Gasteiger partial charge is 0.475 e. The van der Waals surface area contributed by atoms with E-state index in [0.29, 0.717) is 33.5 Å². The summed E-state index contributed by atoms with van der Waals surface area (Å²) >= 11 is 2.10. The lowest BCUT2D eigenvalue weighted by molar-refractivity contribution is -0.132. The number of nitrogens with zero attached hydrogens (tertiary/aromatic N) is 3. The molecule has 2 aromatic heterocycles. The van der Waals surface area contributed by atoms with Gasteiger partial charge in [-0.3, -0.25) is 13.6 Å². The number of likely N-dealkylation sites (N-methyl/N-ethyl adjacent to an activating group) is 1. The van der Waals surface area contributed by atoms with E-state index in [9.17, 15) is 18.0 Å². The van der Waals surface area contributed by atoms with Crippen molar-refractivity contribution in [1.29, 1.82) is 0 Å². The summed E-state index contributed by atoms with van der Waals surface area (Å²) in [6.07, 6.45) is 4.58. The lowest BCUT2D eigenvalue weighted by atomic mass is 9.98. The smallest absolute Gasteiger partial charge is 0.275 e. The van der Waals surface area contributed by atoms with E-state index in [4.69, 9.17) is 4.74 Å². The molecule has 3 aromatic rings. The molecule has 0 radical (unpaired) electrons. The number of sulfone groups is 1. The Balaban J connectivity index is 2.16. The van der Waals surface area contributed by atoms with E-state index in [1.165, 1.54) is 24.7 Å². The number of carbonyl (C=O) groups excluding carboxylic acids is 1. The van der Waals surface area contributed by atoms with Crippen LogP contribution in [0.5, 0.6) is 5.75 Å². The molecule has 0 unspecified atom stereocenters. The molecule has 1 aliphatic rings. The Morgan fingerprint density at radius 1 is 1.13 bits per heavy atom. The van der Waals surface area contributed by atoms with Crippen molar-refractivity contribution in [2.45, 2.75) is 24.3 Å². The number of pyridine rings is 1. The summed E-state index contributed by atoms with van der Waals surface area (Å²) in [6, 6.07) is 4.81. The van der Waals surface area contributed by atoms with Gasteiger partial charge in [0.25, 0.3) is 11.5 Å². The molecule has 0 bridgehead atoms. The summed E-state index contributed by atoms with van der Waals surface area (Å²) in [5, 5.41) is 0.668. The van der Waals surface area contributed by atoms with Crippen LogP contribution in [0, 0.1) is 0 Å². The minimum absolute atomic E-state index is 0.0638. The molecular weight excluding hydrogens is 553 g/mol. The molecule has 0 fully saturated rings. The van der Waals surface area contributed by atoms with Gasteiger partial charge in [0.15, 0.2) is 21.2 Å². The molecule has 1 aliphatic heterocycles. The lowest BCUT2D eigenvalue weighted by Gasteiger charge is -2.38. The summed E-state index contributed by atoms with van der Waals surface area (Å²) in [5.41, 5.74) is 0.690. The summed E-state index contributed by atoms with van der Waals surface area (Å²) < 4.78 is 34.2. The van der Waals surface area contributed by atoms with E-state index < -0.39 is 15.4 Å². The van der Waals surface area contributed by atoms with E-state index in [0.717, 1.165) is 6.26 Å². The molecular formula is C20H20IN3O5S2. The van der Waals surface area contributed by atoms with E-state index in [1.807, 2.05) is 6.07 Å². The van der Waals surface area contributed by atoms with Crippen molar-refractivity contribution in [2.75, 3.05) is 18.2 Å². The number of carbonyl (C=O) groups is 1. The Bertz CT molecular complexity index is 1420. The van der Waals surface area contributed by atoms with Crippen LogP contribution in [0.3, 0.4) is 0 Å². The maximum atomic E-state index is 12.8. The highest BCUT2D eigenvalue weighted by molar-refractivity contribution is 14.2. The van der Waals surface area contributed by atoms with Gasteiger partial charge < -0.3 is 14.2 Å². The first-order valence-electron chi connectivity index (χ1n) is 9.22. The predicted octanol–water partition coefficient (Wildman–Crippen LogP) is 3.39. The maximum absolute atomic E-state index is 12.8. The highest BCUT2D eigenvalue weighted by atomic mass is 127. The first-order chi connectivity index (χ1) is 14.4. The molecule has 8 nitrogen and oxygen atoms in total. The summed E-state index contributed by atoms with van der Waals surface area (Å²) in [5.74, 6) is 0.115. The normalized spacial score (nSPS) is 15.8. The Morgan fingerprint density at radius 2 is 1.81 bits per heavy atom. The van der Waals surface area contributed by atoms with E-state index >= 15 is 0 Å². The third-order valence-electron chi connectivity index (χ3n) is 5.36. The van der Waals surface area contributed by atoms with Crippen LogP contribution in [0.25, 0.3) is 22.0 Å². The second-order valence-corrected chi connectivity index (χ2v) is 11.7. The van der Waals surface area contributed by atoms with Crippen LogP contribution in [0.2, 0.25) is 0 Å². The maximum Gasteiger partial charge on any atom is 0.275 e. The van der Waals surface area contributed by atoms with Crippen molar-refractivity contribution >= 4 is 62.7 Å². The second-order valence-electron chi connectivity index (χ2n) is 8.00. The molecule has 0 spiro atoms. The first-order valence-corrected chi connectivity index (χ1v) is 14.4. The van der Waals surface area contributed by atoms with Crippen molar-refractivity contribution < 1.29 is 17.9 Å². The number of hydrogen-bond donors (Lipinski definition) is 0. The molecule has 0 saturated carbocycles. The van der Waals surface area contributed by atoms with Crippen LogP contribution < -0.4 is 15.2 Å². The average Bonchev–Trinajstić information content (AvgIpc) is 3.12. The van der Waals surface area contributed by atoms with E-state index in [1.54, 1.807) is 50.4 Å². The molecule has 4 rings (SSSR count). The number of rotatable bonds is 3. The van der Waals surface area contributed by atoms with Gasteiger partial charge in [-0.15, -0.1) is 0 Å². The number of benzene rings is 1. The number of hydrogen-bond acceptors (Lipinski definition) is 6. The number of anilines is 1. The van der Waals surface area contributed by atoms with Gasteiger partial charge in [-0.2, -0.15) is 0 Å². The lowest BCUT2D eigenvalue weighted by Crippen LogP contribution is -2.51. The predicted molar refractivity (Wildman–Crippen MR) is 131 cm³/mol. The third-order valence-corrected chi connectivity index (χ3v) is 8.18. The van der Waals surface area contributed by atoms with Gasteiger partial charge in [0.05, 0.1) is 10.6 Å². The molecule has 164 valence electrons. The number of aromatic nitrogens is 2. The third kappa shape index (κ3) is 3.46. The zero-order valence-electron chi connectivity index (χ0n) is 17.5. The Morgan fingerprint density at radius 3 is 2.42 bits per heavy atom. The van der Waals surface area contributed by atoms with Crippen LogP contribution in [-0.2, 0) is 21.7 Å². The molecule has 3 heterocycles. The molecule has 1 amide bonds. The molecule has 0 saturated heterocycles. The standard InChI is InChI=1S/C20H20IN3O5S2/c1-20(2)19(26)23(4)15-9-11(31(5,27)28)8-13(17(15)29-20)14-10-22(3)18(25)16-12(14)6-7-24(16)30-21/h6-10H,1-5H3. The fourth-order valence-electron chi connectivity index (χ4n) is 3.77. The van der Waals surface area contributed by atoms with Gasteiger partial charge in [-0.05, 0) is 32.0 Å².